The van der Waals surface area contributed by atoms with Gasteiger partial charge < -0.3 is 15.4 Å². The second kappa shape index (κ2) is 8.99. The molecule has 154 valence electrons. The normalized spacial score (nSPS) is 10.4. The molecule has 0 bridgehead atoms. The van der Waals surface area contributed by atoms with Gasteiger partial charge in [-0.2, -0.15) is 0 Å². The molecular formula is C21H21N5O4. The summed E-state index contributed by atoms with van der Waals surface area (Å²) in [4.78, 5) is 31.5. The molecule has 0 amide bonds. The molecule has 0 aliphatic rings. The zero-order valence-electron chi connectivity index (χ0n) is 16.8. The number of ether oxygens (including phenoxy) is 1. The number of esters is 1. The number of benzene rings is 2. The molecule has 1 heterocycles. The molecule has 0 fully saturated rings. The van der Waals surface area contributed by atoms with Crippen molar-refractivity contribution in [2.45, 2.75) is 20.8 Å². The van der Waals surface area contributed by atoms with Crippen LogP contribution in [0.2, 0.25) is 0 Å². The van der Waals surface area contributed by atoms with Gasteiger partial charge in [-0.25, -0.2) is 14.8 Å². The Bertz CT molecular complexity index is 1080. The SMILES string of the molecule is CCOC(=O)c1ccccc1Nc1ncnc(Nc2cc(C)cc(C)c2)c1[N+](=O)[O-]. The van der Waals surface area contributed by atoms with Gasteiger partial charge in [-0.15, -0.1) is 0 Å². The lowest BCUT2D eigenvalue weighted by atomic mass is 10.1. The fraction of sp³-hybridized carbons (Fsp3) is 0.190. The standard InChI is InChI=1S/C21H21N5O4/c1-4-30-21(27)16-7-5-6-8-17(16)25-20-18(26(28)29)19(22-12-23-20)24-15-10-13(2)9-14(3)11-15/h5-12H,4H2,1-3H3,(H2,22,23,24,25). The summed E-state index contributed by atoms with van der Waals surface area (Å²) in [6.07, 6.45) is 1.22. The van der Waals surface area contributed by atoms with Gasteiger partial charge in [0, 0.05) is 5.69 Å². The molecular weight excluding hydrogens is 386 g/mol. The lowest BCUT2D eigenvalue weighted by molar-refractivity contribution is -0.383. The number of carbonyl (C=O) groups is 1. The van der Waals surface area contributed by atoms with Gasteiger partial charge in [0.25, 0.3) is 0 Å². The molecule has 3 rings (SSSR count). The third kappa shape index (κ3) is 4.69. The minimum Gasteiger partial charge on any atom is -0.462 e. The van der Waals surface area contributed by atoms with Gasteiger partial charge in [0.1, 0.15) is 6.33 Å². The van der Waals surface area contributed by atoms with Crippen molar-refractivity contribution in [2.75, 3.05) is 17.2 Å². The summed E-state index contributed by atoms with van der Waals surface area (Å²) < 4.78 is 5.05. The van der Waals surface area contributed by atoms with Crippen molar-refractivity contribution in [1.82, 2.24) is 9.97 Å². The van der Waals surface area contributed by atoms with Gasteiger partial charge in [-0.05, 0) is 56.2 Å². The molecule has 9 nitrogen and oxygen atoms in total. The number of hydrogen-bond donors (Lipinski definition) is 2. The highest BCUT2D eigenvalue weighted by atomic mass is 16.6. The lowest BCUT2D eigenvalue weighted by Gasteiger charge is -2.13. The van der Waals surface area contributed by atoms with E-state index < -0.39 is 10.9 Å². The van der Waals surface area contributed by atoms with E-state index in [4.69, 9.17) is 4.74 Å². The van der Waals surface area contributed by atoms with E-state index in [1.165, 1.54) is 6.33 Å². The summed E-state index contributed by atoms with van der Waals surface area (Å²) in [6.45, 7) is 5.79. The number of rotatable bonds is 7. The van der Waals surface area contributed by atoms with Crippen LogP contribution >= 0.6 is 0 Å². The van der Waals surface area contributed by atoms with E-state index in [9.17, 15) is 14.9 Å². The van der Waals surface area contributed by atoms with Crippen LogP contribution in [0.4, 0.5) is 28.7 Å². The number of hydrogen-bond acceptors (Lipinski definition) is 8. The van der Waals surface area contributed by atoms with Crippen molar-refractivity contribution in [3.63, 3.8) is 0 Å². The summed E-state index contributed by atoms with van der Waals surface area (Å²) in [7, 11) is 0. The quantitative estimate of drug-likeness (QED) is 0.329. The Morgan fingerprint density at radius 2 is 1.70 bits per heavy atom. The average molecular weight is 407 g/mol. The minimum atomic E-state index is -0.569. The van der Waals surface area contributed by atoms with Crippen LogP contribution in [0.25, 0.3) is 0 Å². The molecule has 0 aliphatic heterocycles. The van der Waals surface area contributed by atoms with Crippen LogP contribution in [0.3, 0.4) is 0 Å². The summed E-state index contributed by atoms with van der Waals surface area (Å²) in [6, 6.07) is 12.3. The van der Waals surface area contributed by atoms with E-state index in [0.29, 0.717) is 11.4 Å². The van der Waals surface area contributed by atoms with Crippen LogP contribution in [0.1, 0.15) is 28.4 Å². The number of carbonyl (C=O) groups excluding carboxylic acids is 1. The van der Waals surface area contributed by atoms with Crippen LogP contribution < -0.4 is 10.6 Å². The number of nitro groups is 1. The zero-order valence-corrected chi connectivity index (χ0v) is 16.8. The molecule has 2 N–H and O–H groups in total. The first-order valence-corrected chi connectivity index (χ1v) is 9.27. The molecule has 1 aromatic heterocycles. The maximum absolute atomic E-state index is 12.2. The van der Waals surface area contributed by atoms with E-state index in [1.807, 2.05) is 32.0 Å². The van der Waals surface area contributed by atoms with Gasteiger partial charge in [-0.1, -0.05) is 18.2 Å². The smallest absolute Gasteiger partial charge is 0.353 e. The number of para-hydroxylation sites is 1. The monoisotopic (exact) mass is 407 g/mol. The van der Waals surface area contributed by atoms with Crippen molar-refractivity contribution in [2.24, 2.45) is 0 Å². The molecule has 3 aromatic rings. The summed E-state index contributed by atoms with van der Waals surface area (Å²) >= 11 is 0. The van der Waals surface area contributed by atoms with Crippen molar-refractivity contribution in [3.05, 3.63) is 75.6 Å². The number of anilines is 4. The highest BCUT2D eigenvalue weighted by Gasteiger charge is 2.25. The Morgan fingerprint density at radius 3 is 2.33 bits per heavy atom. The Labute approximate surface area is 173 Å². The van der Waals surface area contributed by atoms with E-state index >= 15 is 0 Å². The van der Waals surface area contributed by atoms with E-state index in [1.54, 1.807) is 31.2 Å². The first-order chi connectivity index (χ1) is 14.4. The van der Waals surface area contributed by atoms with Crippen molar-refractivity contribution < 1.29 is 14.5 Å². The van der Waals surface area contributed by atoms with Crippen LogP contribution in [0.5, 0.6) is 0 Å². The molecule has 0 aliphatic carbocycles. The fourth-order valence-electron chi connectivity index (χ4n) is 3.02. The van der Waals surface area contributed by atoms with Crippen molar-refractivity contribution >= 4 is 34.7 Å². The summed E-state index contributed by atoms with van der Waals surface area (Å²) in [5, 5.41) is 17.7. The van der Waals surface area contributed by atoms with Gasteiger partial charge in [0.15, 0.2) is 0 Å². The van der Waals surface area contributed by atoms with Gasteiger partial charge >= 0.3 is 11.7 Å². The van der Waals surface area contributed by atoms with Crippen molar-refractivity contribution in [3.8, 4) is 0 Å². The topological polar surface area (TPSA) is 119 Å². The number of aryl methyl sites for hydroxylation is 2. The fourth-order valence-corrected chi connectivity index (χ4v) is 3.02. The van der Waals surface area contributed by atoms with E-state index in [-0.39, 0.29) is 29.5 Å². The Morgan fingerprint density at radius 1 is 1.07 bits per heavy atom. The Balaban J connectivity index is 2.00. The molecule has 9 heteroatoms. The lowest BCUT2D eigenvalue weighted by Crippen LogP contribution is -2.10. The number of aromatic nitrogens is 2. The van der Waals surface area contributed by atoms with Crippen LogP contribution in [-0.2, 0) is 4.74 Å². The highest BCUT2D eigenvalue weighted by Crippen LogP contribution is 2.34. The predicted octanol–water partition coefficient (Wildman–Crippen LogP) is 4.67. The maximum Gasteiger partial charge on any atom is 0.353 e. The third-order valence-electron chi connectivity index (χ3n) is 4.16. The highest BCUT2D eigenvalue weighted by molar-refractivity contribution is 5.97. The average Bonchev–Trinajstić information content (AvgIpc) is 2.67. The molecule has 30 heavy (non-hydrogen) atoms. The van der Waals surface area contributed by atoms with E-state index in [0.717, 1.165) is 11.1 Å². The molecule has 0 spiro atoms. The molecule has 2 aromatic carbocycles. The second-order valence-corrected chi connectivity index (χ2v) is 6.57. The maximum atomic E-state index is 12.2. The van der Waals surface area contributed by atoms with E-state index in [2.05, 4.69) is 20.6 Å². The first kappa shape index (κ1) is 20.7. The zero-order chi connectivity index (χ0) is 21.7. The van der Waals surface area contributed by atoms with Crippen LogP contribution in [0.15, 0.2) is 48.8 Å². The number of nitrogens with one attached hydrogen (secondary N) is 2. The Kier molecular flexibility index (Phi) is 6.21. The van der Waals surface area contributed by atoms with Crippen LogP contribution in [-0.4, -0.2) is 27.5 Å². The van der Waals surface area contributed by atoms with Gasteiger partial charge in [-0.3, -0.25) is 10.1 Å². The summed E-state index contributed by atoms with van der Waals surface area (Å²) in [5.41, 5.74) is 2.94. The third-order valence-corrected chi connectivity index (χ3v) is 4.16. The first-order valence-electron chi connectivity index (χ1n) is 9.27. The number of nitrogens with zero attached hydrogens (tertiary/aromatic N) is 3. The largest absolute Gasteiger partial charge is 0.462 e. The second-order valence-electron chi connectivity index (χ2n) is 6.57. The molecule has 0 saturated heterocycles. The van der Waals surface area contributed by atoms with Gasteiger partial charge in [0.05, 0.1) is 22.8 Å². The Hall–Kier alpha value is -4.01. The summed E-state index contributed by atoms with van der Waals surface area (Å²) in [5.74, 6) is -0.541. The molecule has 0 saturated carbocycles. The van der Waals surface area contributed by atoms with Crippen LogP contribution in [0, 0.1) is 24.0 Å². The minimum absolute atomic E-state index is 0.0381. The molecule has 0 atom stereocenters. The van der Waals surface area contributed by atoms with Gasteiger partial charge in [0.2, 0.25) is 11.6 Å². The molecule has 0 radical (unpaired) electrons. The van der Waals surface area contributed by atoms with Crippen molar-refractivity contribution in [1.29, 1.82) is 0 Å². The predicted molar refractivity (Wildman–Crippen MR) is 114 cm³/mol. The molecule has 0 unspecified atom stereocenters.